The number of halogens is 2. The number of H-pyrrole nitrogens is 1. The standard InChI is InChI=1S/C22H29F2N7O2S/c1-34(33)27-9-14-3-2-6-30(11-14)20-7-15(8-21(29-20)31-12-16(32)13-31)18-10-26-19(28-18)5-4-17(25)22(23)24/h4-5,7-8,10,14,16,22,25,27,32H,2-3,6,9,11-13H2,1H3,(H,26,28)/b5-4-,25-17?. The number of rotatable bonds is 9. The Morgan fingerprint density at radius 1 is 1.35 bits per heavy atom. The van der Waals surface area contributed by atoms with Crippen molar-refractivity contribution < 1.29 is 18.1 Å². The molecule has 2 unspecified atom stereocenters. The molecule has 0 saturated carbocycles. The molecule has 2 aliphatic heterocycles. The minimum Gasteiger partial charge on any atom is -0.389 e. The maximum Gasteiger partial charge on any atom is 0.279 e. The molecule has 9 nitrogen and oxygen atoms in total. The van der Waals surface area contributed by atoms with Gasteiger partial charge in [0.25, 0.3) is 6.43 Å². The van der Waals surface area contributed by atoms with Crippen LogP contribution >= 0.6 is 0 Å². The molecule has 0 radical (unpaired) electrons. The van der Waals surface area contributed by atoms with Gasteiger partial charge >= 0.3 is 0 Å². The maximum absolute atomic E-state index is 12.6. The second kappa shape index (κ2) is 10.7. The lowest BCUT2D eigenvalue weighted by atomic mass is 9.98. The lowest BCUT2D eigenvalue weighted by molar-refractivity contribution is 0.141. The Hall–Kier alpha value is -2.70. The van der Waals surface area contributed by atoms with Gasteiger partial charge in [-0.05, 0) is 43.0 Å². The molecule has 2 saturated heterocycles. The number of hydrogen-bond donors (Lipinski definition) is 4. The molecule has 34 heavy (non-hydrogen) atoms. The quantitative estimate of drug-likeness (QED) is 0.397. The van der Waals surface area contributed by atoms with Gasteiger partial charge < -0.3 is 19.9 Å². The molecule has 184 valence electrons. The van der Waals surface area contributed by atoms with E-state index >= 15 is 0 Å². The lowest BCUT2D eigenvalue weighted by Gasteiger charge is -2.38. The zero-order chi connectivity index (χ0) is 24.2. The number of anilines is 2. The molecule has 2 aromatic heterocycles. The van der Waals surface area contributed by atoms with E-state index in [1.165, 1.54) is 6.08 Å². The van der Waals surface area contributed by atoms with E-state index in [2.05, 4.69) is 19.6 Å². The molecule has 2 fully saturated rings. The molecule has 4 rings (SSSR count). The number of aliphatic hydroxyl groups is 1. The summed E-state index contributed by atoms with van der Waals surface area (Å²) in [5.41, 5.74) is 0.766. The zero-order valence-corrected chi connectivity index (χ0v) is 19.7. The van der Waals surface area contributed by atoms with Gasteiger partial charge in [-0.15, -0.1) is 0 Å². The predicted molar refractivity (Wildman–Crippen MR) is 130 cm³/mol. The monoisotopic (exact) mass is 493 g/mol. The van der Waals surface area contributed by atoms with Gasteiger partial charge in [-0.3, -0.25) is 5.41 Å². The van der Waals surface area contributed by atoms with E-state index in [0.717, 1.165) is 49.2 Å². The fourth-order valence-corrected chi connectivity index (χ4v) is 4.58. The first-order valence-electron chi connectivity index (χ1n) is 11.2. The molecular formula is C22H29F2N7O2S. The van der Waals surface area contributed by atoms with Crippen molar-refractivity contribution in [2.24, 2.45) is 5.92 Å². The third-order valence-electron chi connectivity index (χ3n) is 5.97. The first kappa shape index (κ1) is 24.4. The van der Waals surface area contributed by atoms with Crippen molar-refractivity contribution in [2.45, 2.75) is 25.4 Å². The zero-order valence-electron chi connectivity index (χ0n) is 18.9. The molecule has 0 aromatic carbocycles. The average molecular weight is 494 g/mol. The smallest absolute Gasteiger partial charge is 0.279 e. The number of β-amino-alcohol motifs (C(OH)–C–C–N with tert-alkyl or cyclic N) is 1. The number of alkyl halides is 2. The Morgan fingerprint density at radius 3 is 2.76 bits per heavy atom. The van der Waals surface area contributed by atoms with E-state index in [0.29, 0.717) is 37.1 Å². The van der Waals surface area contributed by atoms with Crippen molar-refractivity contribution in [1.82, 2.24) is 19.7 Å². The first-order chi connectivity index (χ1) is 16.3. The third kappa shape index (κ3) is 6.05. The fraction of sp³-hybridized carbons (Fsp3) is 0.500. The Labute approximate surface area is 199 Å². The van der Waals surface area contributed by atoms with Crippen molar-refractivity contribution in [2.75, 3.05) is 48.8 Å². The van der Waals surface area contributed by atoms with Gasteiger partial charge in [-0.2, -0.15) is 0 Å². The van der Waals surface area contributed by atoms with Crippen LogP contribution in [0.3, 0.4) is 0 Å². The minimum atomic E-state index is -2.83. The average Bonchev–Trinajstić information content (AvgIpc) is 3.28. The number of allylic oxidation sites excluding steroid dienone is 1. The fourth-order valence-electron chi connectivity index (χ4n) is 4.11. The highest BCUT2D eigenvalue weighted by atomic mass is 32.2. The van der Waals surface area contributed by atoms with Crippen molar-refractivity contribution in [3.63, 3.8) is 0 Å². The molecule has 2 aliphatic rings. The number of aliphatic hydroxyl groups excluding tert-OH is 1. The highest BCUT2D eigenvalue weighted by Gasteiger charge is 2.28. The Bertz CT molecular complexity index is 1070. The van der Waals surface area contributed by atoms with Gasteiger partial charge in [0.05, 0.1) is 34.7 Å². The molecule has 0 amide bonds. The van der Waals surface area contributed by atoms with Gasteiger partial charge in [0, 0.05) is 44.5 Å². The summed E-state index contributed by atoms with van der Waals surface area (Å²) >= 11 is 0. The van der Waals surface area contributed by atoms with Crippen molar-refractivity contribution >= 4 is 34.4 Å². The highest BCUT2D eigenvalue weighted by Crippen LogP contribution is 2.31. The summed E-state index contributed by atoms with van der Waals surface area (Å²) < 4.78 is 39.6. The Kier molecular flexibility index (Phi) is 7.69. The van der Waals surface area contributed by atoms with Crippen LogP contribution in [0, 0.1) is 11.3 Å². The van der Waals surface area contributed by atoms with Crippen molar-refractivity contribution in [1.29, 1.82) is 5.41 Å². The van der Waals surface area contributed by atoms with E-state index in [9.17, 15) is 18.1 Å². The van der Waals surface area contributed by atoms with Crippen LogP contribution in [0.1, 0.15) is 18.7 Å². The van der Waals surface area contributed by atoms with Crippen molar-refractivity contribution in [3.8, 4) is 11.3 Å². The molecule has 0 spiro atoms. The number of aromatic amines is 1. The minimum absolute atomic E-state index is 0.353. The predicted octanol–water partition coefficient (Wildman–Crippen LogP) is 2.05. The Balaban J connectivity index is 1.58. The largest absolute Gasteiger partial charge is 0.389 e. The van der Waals surface area contributed by atoms with Gasteiger partial charge in [-0.1, -0.05) is 0 Å². The summed E-state index contributed by atoms with van der Waals surface area (Å²) in [5.74, 6) is 2.28. The van der Waals surface area contributed by atoms with E-state index in [1.54, 1.807) is 12.5 Å². The molecular weight excluding hydrogens is 464 g/mol. The second-order valence-corrected chi connectivity index (χ2v) is 9.86. The third-order valence-corrected chi connectivity index (χ3v) is 6.54. The van der Waals surface area contributed by atoms with Crippen LogP contribution in [0.4, 0.5) is 20.4 Å². The van der Waals surface area contributed by atoms with Crippen LogP contribution in [0.5, 0.6) is 0 Å². The first-order valence-corrected chi connectivity index (χ1v) is 12.7. The second-order valence-electron chi connectivity index (χ2n) is 8.66. The van der Waals surface area contributed by atoms with E-state index in [4.69, 9.17) is 10.4 Å². The highest BCUT2D eigenvalue weighted by molar-refractivity contribution is 7.82. The van der Waals surface area contributed by atoms with E-state index < -0.39 is 23.1 Å². The van der Waals surface area contributed by atoms with Crippen LogP contribution in [0.15, 0.2) is 24.4 Å². The number of imidazole rings is 1. The van der Waals surface area contributed by atoms with Gasteiger partial charge in [0.1, 0.15) is 17.5 Å². The van der Waals surface area contributed by atoms with Crippen LogP contribution < -0.4 is 14.5 Å². The molecule has 4 N–H and O–H groups in total. The van der Waals surface area contributed by atoms with Crippen LogP contribution in [0.2, 0.25) is 0 Å². The molecule has 12 heteroatoms. The van der Waals surface area contributed by atoms with Gasteiger partial charge in [0.15, 0.2) is 0 Å². The summed E-state index contributed by atoms with van der Waals surface area (Å²) in [6.45, 7) is 3.34. The molecule has 2 aromatic rings. The number of aromatic nitrogens is 3. The normalized spacial score (nSPS) is 20.2. The molecule has 2 atom stereocenters. The molecule has 0 aliphatic carbocycles. The molecule has 4 heterocycles. The van der Waals surface area contributed by atoms with Gasteiger partial charge in [-0.25, -0.2) is 27.7 Å². The topological polar surface area (TPSA) is 121 Å². The number of pyridine rings is 1. The van der Waals surface area contributed by atoms with Gasteiger partial charge in [0.2, 0.25) is 0 Å². The lowest BCUT2D eigenvalue weighted by Crippen LogP contribution is -2.51. The summed E-state index contributed by atoms with van der Waals surface area (Å²) in [4.78, 5) is 16.4. The number of nitrogens with zero attached hydrogens (tertiary/aromatic N) is 4. The van der Waals surface area contributed by atoms with Crippen LogP contribution in [-0.4, -0.2) is 81.5 Å². The summed E-state index contributed by atoms with van der Waals surface area (Å²) in [6.07, 6.45) is 4.49. The van der Waals surface area contributed by atoms with Crippen molar-refractivity contribution in [3.05, 3.63) is 30.2 Å². The van der Waals surface area contributed by atoms with E-state index in [1.807, 2.05) is 17.0 Å². The molecule has 0 bridgehead atoms. The Morgan fingerprint density at radius 2 is 2.09 bits per heavy atom. The van der Waals surface area contributed by atoms with E-state index in [-0.39, 0.29) is 6.10 Å². The number of nitrogens with one attached hydrogen (secondary N) is 3. The number of hydrogen-bond acceptors (Lipinski definition) is 7. The SMILES string of the molecule is CS(=O)NCC1CCCN(c2cc(-c3cnc(/C=C\C(=N)C(F)F)[nH]3)cc(N3CC(O)C3)n2)C1. The maximum atomic E-state index is 12.6. The summed E-state index contributed by atoms with van der Waals surface area (Å²) in [6, 6.07) is 3.89. The number of piperidine rings is 1. The van der Waals surface area contributed by atoms with Crippen LogP contribution in [0.25, 0.3) is 17.3 Å². The van der Waals surface area contributed by atoms with Crippen LogP contribution in [-0.2, 0) is 11.0 Å². The summed E-state index contributed by atoms with van der Waals surface area (Å²) in [7, 11) is -1.05. The summed E-state index contributed by atoms with van der Waals surface area (Å²) in [5, 5.41) is 17.0.